The number of ether oxygens (including phenoxy) is 5. The third-order valence-electron chi connectivity index (χ3n) is 5.71. The van der Waals surface area contributed by atoms with Crippen LogP contribution in [-0.2, 0) is 28.5 Å². The first kappa shape index (κ1) is 26.5. The largest absolute Gasteiger partial charge is 0.479 e. The highest BCUT2D eigenvalue weighted by molar-refractivity contribution is 5.73. The standard InChI is InChI=1S/C17H28O16/c18-1-3-5(20)7(22)9(24)17(29-3)33-13-11(10(25)12(14(26)27)31-15(13)28)32-16-8(23)6(21)4(2-19)30-16/h3-13,15-25,28H,1-2H2,(H,26,27)/t3?,4-,5-,6?,7+,8-,9?,10-,11+,12?,13?,15+,16-,17-/m0/s1. The molecule has 0 aromatic carbocycles. The van der Waals surface area contributed by atoms with Crippen molar-refractivity contribution in [3.63, 3.8) is 0 Å². The van der Waals surface area contributed by atoms with Gasteiger partial charge in [0.25, 0.3) is 0 Å². The molecule has 16 heteroatoms. The maximum absolute atomic E-state index is 11.4. The smallest absolute Gasteiger partial charge is 0.335 e. The molecule has 3 rings (SSSR count). The van der Waals surface area contributed by atoms with E-state index >= 15 is 0 Å². The molecule has 3 aliphatic heterocycles. The summed E-state index contributed by atoms with van der Waals surface area (Å²) >= 11 is 0. The van der Waals surface area contributed by atoms with E-state index in [2.05, 4.69) is 0 Å². The molecule has 3 heterocycles. The number of aliphatic hydroxyl groups is 9. The van der Waals surface area contributed by atoms with Crippen LogP contribution in [0, 0.1) is 0 Å². The van der Waals surface area contributed by atoms with Crippen molar-refractivity contribution in [3.05, 3.63) is 0 Å². The second-order valence-corrected chi connectivity index (χ2v) is 7.88. The molecule has 0 amide bonds. The van der Waals surface area contributed by atoms with Gasteiger partial charge in [0.2, 0.25) is 0 Å². The van der Waals surface area contributed by atoms with Gasteiger partial charge < -0.3 is 74.7 Å². The summed E-state index contributed by atoms with van der Waals surface area (Å²) in [7, 11) is 0. The predicted molar refractivity (Wildman–Crippen MR) is 95.8 cm³/mol. The molecule has 0 aliphatic carbocycles. The number of carbonyl (C=O) groups is 1. The summed E-state index contributed by atoms with van der Waals surface area (Å²) in [5.74, 6) is -1.69. The van der Waals surface area contributed by atoms with Crippen molar-refractivity contribution in [2.75, 3.05) is 13.2 Å². The Labute approximate surface area is 185 Å². The van der Waals surface area contributed by atoms with E-state index in [4.69, 9.17) is 23.7 Å². The van der Waals surface area contributed by atoms with Gasteiger partial charge in [-0.1, -0.05) is 0 Å². The molecule has 33 heavy (non-hydrogen) atoms. The highest BCUT2D eigenvalue weighted by Gasteiger charge is 2.55. The monoisotopic (exact) mass is 488 g/mol. The molecule has 0 aromatic heterocycles. The van der Waals surface area contributed by atoms with Gasteiger partial charge in [0.05, 0.1) is 13.2 Å². The van der Waals surface area contributed by atoms with Crippen molar-refractivity contribution in [2.24, 2.45) is 0 Å². The Bertz CT molecular complexity index is 663. The molecule has 192 valence electrons. The van der Waals surface area contributed by atoms with Crippen LogP contribution in [0.15, 0.2) is 0 Å². The van der Waals surface area contributed by atoms with Gasteiger partial charge >= 0.3 is 5.97 Å². The maximum atomic E-state index is 11.4. The van der Waals surface area contributed by atoms with Crippen molar-refractivity contribution < 1.29 is 79.5 Å². The SMILES string of the molecule is O=C(O)C1O[C@@H](O)C(O[C@@H]2OC(CO)[C@H](O)[C@@H](O)C2O)[C@H](O[C@@H]2O[C@@H](CO)C(O)[C@@H]2O)[C@@H]1O. The number of hydrogen-bond donors (Lipinski definition) is 10. The van der Waals surface area contributed by atoms with E-state index in [1.165, 1.54) is 0 Å². The number of carboxylic acids is 1. The zero-order chi connectivity index (χ0) is 24.6. The average molecular weight is 488 g/mol. The fourth-order valence-corrected chi connectivity index (χ4v) is 3.81. The molecular formula is C17H28O16. The molecular weight excluding hydrogens is 460 g/mol. The van der Waals surface area contributed by atoms with E-state index in [0.717, 1.165) is 0 Å². The highest BCUT2D eigenvalue weighted by atomic mass is 16.8. The lowest BCUT2D eigenvalue weighted by Gasteiger charge is -2.46. The highest BCUT2D eigenvalue weighted by Crippen LogP contribution is 2.33. The van der Waals surface area contributed by atoms with Crippen LogP contribution in [0.4, 0.5) is 0 Å². The van der Waals surface area contributed by atoms with Crippen LogP contribution < -0.4 is 0 Å². The minimum Gasteiger partial charge on any atom is -0.479 e. The molecule has 5 unspecified atom stereocenters. The zero-order valence-electron chi connectivity index (χ0n) is 16.9. The van der Waals surface area contributed by atoms with E-state index < -0.39 is 105 Å². The van der Waals surface area contributed by atoms with Gasteiger partial charge in [0, 0.05) is 0 Å². The molecule has 14 atom stereocenters. The molecule has 0 saturated carbocycles. The molecule has 0 spiro atoms. The summed E-state index contributed by atoms with van der Waals surface area (Å²) in [5.41, 5.74) is 0. The summed E-state index contributed by atoms with van der Waals surface area (Å²) in [6, 6.07) is 0. The summed E-state index contributed by atoms with van der Waals surface area (Å²) in [5, 5.41) is 98.5. The summed E-state index contributed by atoms with van der Waals surface area (Å²) in [6.45, 7) is -1.50. The minimum atomic E-state index is -2.12. The molecule has 3 saturated heterocycles. The van der Waals surface area contributed by atoms with Crippen LogP contribution >= 0.6 is 0 Å². The van der Waals surface area contributed by atoms with E-state index in [-0.39, 0.29) is 0 Å². The average Bonchev–Trinajstić information content (AvgIpc) is 3.05. The van der Waals surface area contributed by atoms with Crippen LogP contribution in [0.25, 0.3) is 0 Å². The van der Waals surface area contributed by atoms with Gasteiger partial charge in [-0.2, -0.15) is 0 Å². The number of hydrogen-bond acceptors (Lipinski definition) is 15. The Hall–Kier alpha value is -1.09. The first-order valence-corrected chi connectivity index (χ1v) is 10.00. The molecule has 0 aromatic rings. The quantitative estimate of drug-likeness (QED) is 0.159. The molecule has 3 fully saturated rings. The van der Waals surface area contributed by atoms with Crippen LogP contribution in [-0.4, -0.2) is 156 Å². The lowest BCUT2D eigenvalue weighted by molar-refractivity contribution is -0.372. The van der Waals surface area contributed by atoms with Gasteiger partial charge in [-0.3, -0.25) is 0 Å². The second kappa shape index (κ2) is 10.7. The van der Waals surface area contributed by atoms with Gasteiger partial charge in [-0.15, -0.1) is 0 Å². The Morgan fingerprint density at radius 1 is 0.636 bits per heavy atom. The Morgan fingerprint density at radius 3 is 1.58 bits per heavy atom. The van der Waals surface area contributed by atoms with E-state index in [1.807, 2.05) is 0 Å². The second-order valence-electron chi connectivity index (χ2n) is 7.88. The molecule has 0 bridgehead atoms. The van der Waals surface area contributed by atoms with Crippen LogP contribution in [0.5, 0.6) is 0 Å². The molecule has 0 radical (unpaired) electrons. The van der Waals surface area contributed by atoms with E-state index in [0.29, 0.717) is 0 Å². The Morgan fingerprint density at radius 2 is 1.09 bits per heavy atom. The van der Waals surface area contributed by atoms with Gasteiger partial charge in [0.15, 0.2) is 25.0 Å². The Kier molecular flexibility index (Phi) is 8.57. The van der Waals surface area contributed by atoms with Crippen molar-refractivity contribution in [1.82, 2.24) is 0 Å². The maximum Gasteiger partial charge on any atom is 0.335 e. The van der Waals surface area contributed by atoms with Gasteiger partial charge in [0.1, 0.15) is 61.0 Å². The van der Waals surface area contributed by atoms with Crippen LogP contribution in [0.1, 0.15) is 0 Å². The number of aliphatic hydroxyl groups excluding tert-OH is 9. The molecule has 10 N–H and O–H groups in total. The zero-order valence-corrected chi connectivity index (χ0v) is 16.9. The van der Waals surface area contributed by atoms with E-state index in [1.54, 1.807) is 0 Å². The minimum absolute atomic E-state index is 0.709. The third-order valence-corrected chi connectivity index (χ3v) is 5.71. The van der Waals surface area contributed by atoms with Crippen molar-refractivity contribution >= 4 is 5.97 Å². The topological polar surface area (TPSA) is 266 Å². The predicted octanol–water partition coefficient (Wildman–Crippen LogP) is -6.84. The normalized spacial score (nSPS) is 50.9. The number of rotatable bonds is 7. The third kappa shape index (κ3) is 5.14. The van der Waals surface area contributed by atoms with Crippen molar-refractivity contribution in [1.29, 1.82) is 0 Å². The fraction of sp³-hybridized carbons (Fsp3) is 0.941. The fourth-order valence-electron chi connectivity index (χ4n) is 3.81. The first-order valence-electron chi connectivity index (χ1n) is 10.00. The van der Waals surface area contributed by atoms with E-state index in [9.17, 15) is 55.9 Å². The number of carboxylic acid groups (broad SMARTS) is 1. The van der Waals surface area contributed by atoms with Gasteiger partial charge in [-0.05, 0) is 0 Å². The molecule has 16 nitrogen and oxygen atoms in total. The molecule has 3 aliphatic rings. The van der Waals surface area contributed by atoms with Crippen LogP contribution in [0.2, 0.25) is 0 Å². The Balaban J connectivity index is 1.83. The first-order chi connectivity index (χ1) is 15.5. The summed E-state index contributed by atoms with van der Waals surface area (Å²) in [4.78, 5) is 11.4. The van der Waals surface area contributed by atoms with Crippen molar-refractivity contribution in [3.8, 4) is 0 Å². The summed E-state index contributed by atoms with van der Waals surface area (Å²) in [6.07, 6.45) is -24.9. The number of aliphatic carboxylic acids is 1. The lowest BCUT2D eigenvalue weighted by atomic mass is 9.97. The van der Waals surface area contributed by atoms with Crippen molar-refractivity contribution in [2.45, 2.75) is 86.0 Å². The van der Waals surface area contributed by atoms with Gasteiger partial charge in [-0.25, -0.2) is 4.79 Å². The van der Waals surface area contributed by atoms with Crippen LogP contribution in [0.3, 0.4) is 0 Å². The lowest BCUT2D eigenvalue weighted by Crippen LogP contribution is -2.65. The summed E-state index contributed by atoms with van der Waals surface area (Å²) < 4.78 is 26.0.